The lowest BCUT2D eigenvalue weighted by Gasteiger charge is -2.18. The number of rotatable bonds is 4. The number of hydrogen-bond donors (Lipinski definition) is 1. The zero-order chi connectivity index (χ0) is 14.0. The van der Waals surface area contributed by atoms with Crippen LogP contribution < -0.4 is 5.32 Å². The Bertz CT molecular complexity index is 561. The predicted molar refractivity (Wildman–Crippen MR) is 86.0 cm³/mol. The molecule has 0 fully saturated rings. The molecule has 1 heterocycles. The molecule has 0 saturated carbocycles. The molecular weight excluding hydrogens is 321 g/mol. The molecule has 19 heavy (non-hydrogen) atoms. The molecular formula is C14H14Cl3NS. The van der Waals surface area contributed by atoms with Crippen molar-refractivity contribution in [3.63, 3.8) is 0 Å². The van der Waals surface area contributed by atoms with Gasteiger partial charge in [-0.3, -0.25) is 0 Å². The number of hydrogen-bond acceptors (Lipinski definition) is 2. The van der Waals surface area contributed by atoms with Crippen molar-refractivity contribution in [2.75, 3.05) is 6.54 Å². The molecule has 0 aliphatic carbocycles. The lowest BCUT2D eigenvalue weighted by Crippen LogP contribution is -2.21. The fourth-order valence-corrected chi connectivity index (χ4v) is 3.65. The van der Waals surface area contributed by atoms with Gasteiger partial charge in [-0.25, -0.2) is 0 Å². The van der Waals surface area contributed by atoms with Crippen LogP contribution in [0.3, 0.4) is 0 Å². The molecule has 0 spiro atoms. The van der Waals surface area contributed by atoms with Crippen molar-refractivity contribution in [1.29, 1.82) is 0 Å². The maximum Gasteiger partial charge on any atom is 0.0961 e. The molecule has 0 aliphatic heterocycles. The zero-order valence-corrected chi connectivity index (χ0v) is 13.7. The van der Waals surface area contributed by atoms with E-state index in [0.717, 1.165) is 26.9 Å². The normalized spacial score (nSPS) is 12.7. The summed E-state index contributed by atoms with van der Waals surface area (Å²) in [7, 11) is 0. The molecule has 0 amide bonds. The Morgan fingerprint density at radius 1 is 1.21 bits per heavy atom. The first kappa shape index (κ1) is 15.1. The van der Waals surface area contributed by atoms with E-state index in [-0.39, 0.29) is 6.04 Å². The highest BCUT2D eigenvalue weighted by molar-refractivity contribution is 7.16. The van der Waals surface area contributed by atoms with Gasteiger partial charge in [0, 0.05) is 14.9 Å². The molecule has 102 valence electrons. The van der Waals surface area contributed by atoms with E-state index in [2.05, 4.69) is 18.3 Å². The summed E-state index contributed by atoms with van der Waals surface area (Å²) in [6.45, 7) is 4.90. The fraction of sp³-hybridized carbons (Fsp3) is 0.286. The van der Waals surface area contributed by atoms with E-state index in [4.69, 9.17) is 34.8 Å². The number of halogens is 3. The molecule has 5 heteroatoms. The first-order chi connectivity index (χ1) is 9.02. The Balaban J connectivity index is 2.47. The number of thiophene rings is 1. The third-order valence-corrected chi connectivity index (χ3v) is 5.04. The summed E-state index contributed by atoms with van der Waals surface area (Å²) in [5, 5.41) is 4.82. The van der Waals surface area contributed by atoms with Gasteiger partial charge in [0.1, 0.15) is 0 Å². The molecule has 1 N–H and O–H groups in total. The highest BCUT2D eigenvalue weighted by Crippen LogP contribution is 2.37. The van der Waals surface area contributed by atoms with E-state index in [1.165, 1.54) is 0 Å². The Kier molecular flexibility index (Phi) is 5.15. The van der Waals surface area contributed by atoms with Crippen molar-refractivity contribution < 1.29 is 0 Å². The Labute approximate surface area is 132 Å². The fourth-order valence-electron chi connectivity index (χ4n) is 1.93. The van der Waals surface area contributed by atoms with E-state index in [1.807, 2.05) is 19.1 Å². The van der Waals surface area contributed by atoms with Gasteiger partial charge in [-0.2, -0.15) is 0 Å². The van der Waals surface area contributed by atoms with Crippen molar-refractivity contribution in [2.24, 2.45) is 0 Å². The van der Waals surface area contributed by atoms with Gasteiger partial charge in [0.2, 0.25) is 0 Å². The van der Waals surface area contributed by atoms with Crippen LogP contribution in [0.4, 0.5) is 0 Å². The van der Waals surface area contributed by atoms with Gasteiger partial charge in [0.05, 0.1) is 10.4 Å². The van der Waals surface area contributed by atoms with Crippen LogP contribution >= 0.6 is 46.1 Å². The Hall–Kier alpha value is -0.250. The minimum atomic E-state index is 0.0207. The van der Waals surface area contributed by atoms with Crippen LogP contribution in [0.1, 0.15) is 29.0 Å². The quantitative estimate of drug-likeness (QED) is 0.754. The highest BCUT2D eigenvalue weighted by atomic mass is 35.5. The van der Waals surface area contributed by atoms with Gasteiger partial charge in [0.15, 0.2) is 0 Å². The maximum atomic E-state index is 6.30. The van der Waals surface area contributed by atoms with Crippen molar-refractivity contribution in [3.05, 3.63) is 54.7 Å². The standard InChI is InChI=1S/C14H14Cl3NS/c1-3-18-13(12-6-8(2)14(17)19-12)10-7-9(15)4-5-11(10)16/h4-7,13,18H,3H2,1-2H3. The van der Waals surface area contributed by atoms with Crippen LogP contribution in [-0.4, -0.2) is 6.54 Å². The Morgan fingerprint density at radius 2 is 1.95 bits per heavy atom. The van der Waals surface area contributed by atoms with Crippen LogP contribution in [0.2, 0.25) is 14.4 Å². The molecule has 0 aliphatic rings. The van der Waals surface area contributed by atoms with Gasteiger partial charge in [-0.15, -0.1) is 11.3 Å². The molecule has 0 radical (unpaired) electrons. The average molecular weight is 335 g/mol. The lowest BCUT2D eigenvalue weighted by molar-refractivity contribution is 0.640. The monoisotopic (exact) mass is 333 g/mol. The van der Waals surface area contributed by atoms with Crippen LogP contribution in [0.5, 0.6) is 0 Å². The van der Waals surface area contributed by atoms with Crippen LogP contribution in [0.25, 0.3) is 0 Å². The molecule has 0 bridgehead atoms. The molecule has 1 atom stereocenters. The van der Waals surface area contributed by atoms with Crippen molar-refractivity contribution in [1.82, 2.24) is 5.32 Å². The summed E-state index contributed by atoms with van der Waals surface area (Å²) in [6, 6.07) is 7.64. The molecule has 2 aromatic rings. The summed E-state index contributed by atoms with van der Waals surface area (Å²) in [6.07, 6.45) is 0. The largest absolute Gasteiger partial charge is 0.306 e. The molecule has 2 rings (SSSR count). The number of benzene rings is 1. The smallest absolute Gasteiger partial charge is 0.0961 e. The lowest BCUT2D eigenvalue weighted by atomic mass is 10.0. The molecule has 1 aromatic carbocycles. The predicted octanol–water partition coefficient (Wildman–Crippen LogP) is 5.72. The minimum absolute atomic E-state index is 0.0207. The van der Waals surface area contributed by atoms with E-state index >= 15 is 0 Å². The summed E-state index contributed by atoms with van der Waals surface area (Å²) < 4.78 is 0.816. The third-order valence-electron chi connectivity index (χ3n) is 2.84. The third kappa shape index (κ3) is 3.45. The van der Waals surface area contributed by atoms with Gasteiger partial charge in [-0.1, -0.05) is 41.7 Å². The zero-order valence-electron chi connectivity index (χ0n) is 10.6. The van der Waals surface area contributed by atoms with Crippen molar-refractivity contribution in [3.8, 4) is 0 Å². The molecule has 1 aromatic heterocycles. The van der Waals surface area contributed by atoms with E-state index in [1.54, 1.807) is 17.4 Å². The molecule has 1 unspecified atom stereocenters. The first-order valence-electron chi connectivity index (χ1n) is 5.97. The van der Waals surface area contributed by atoms with Crippen LogP contribution in [-0.2, 0) is 0 Å². The first-order valence-corrected chi connectivity index (χ1v) is 7.92. The number of aryl methyl sites for hydroxylation is 1. The summed E-state index contributed by atoms with van der Waals surface area (Å²) in [5.74, 6) is 0. The van der Waals surface area contributed by atoms with E-state index < -0.39 is 0 Å². The summed E-state index contributed by atoms with van der Waals surface area (Å²) in [4.78, 5) is 1.15. The maximum absolute atomic E-state index is 6.30. The van der Waals surface area contributed by atoms with Gasteiger partial charge in [-0.05, 0) is 48.9 Å². The topological polar surface area (TPSA) is 12.0 Å². The van der Waals surface area contributed by atoms with Crippen LogP contribution in [0, 0.1) is 6.92 Å². The van der Waals surface area contributed by atoms with Gasteiger partial charge in [0.25, 0.3) is 0 Å². The molecule has 0 saturated heterocycles. The van der Waals surface area contributed by atoms with Gasteiger partial charge < -0.3 is 5.32 Å². The number of nitrogens with one attached hydrogen (secondary N) is 1. The van der Waals surface area contributed by atoms with Crippen molar-refractivity contribution in [2.45, 2.75) is 19.9 Å². The average Bonchev–Trinajstić information content (AvgIpc) is 2.70. The molecule has 1 nitrogen and oxygen atoms in total. The SMILES string of the molecule is CCNC(c1cc(C)c(Cl)s1)c1cc(Cl)ccc1Cl. The second-order valence-electron chi connectivity index (χ2n) is 4.26. The van der Waals surface area contributed by atoms with Crippen LogP contribution in [0.15, 0.2) is 24.3 Å². The minimum Gasteiger partial charge on any atom is -0.306 e. The highest BCUT2D eigenvalue weighted by Gasteiger charge is 2.19. The second-order valence-corrected chi connectivity index (χ2v) is 6.79. The van der Waals surface area contributed by atoms with E-state index in [9.17, 15) is 0 Å². The Morgan fingerprint density at radius 3 is 2.53 bits per heavy atom. The van der Waals surface area contributed by atoms with E-state index in [0.29, 0.717) is 10.0 Å². The summed E-state index contributed by atoms with van der Waals surface area (Å²) in [5.41, 5.74) is 2.07. The second kappa shape index (κ2) is 6.47. The van der Waals surface area contributed by atoms with Crippen molar-refractivity contribution >= 4 is 46.1 Å². The summed E-state index contributed by atoms with van der Waals surface area (Å²) >= 11 is 20.1. The van der Waals surface area contributed by atoms with Gasteiger partial charge >= 0.3 is 0 Å².